The Bertz CT molecular complexity index is 879. The number of ether oxygens (including phenoxy) is 1. The minimum atomic E-state index is -0.0575. The molecule has 1 aliphatic heterocycles. The molecule has 0 saturated carbocycles. The van der Waals surface area contributed by atoms with E-state index in [1.165, 1.54) is 16.2 Å². The largest absolute Gasteiger partial charge is 0.484 e. The Morgan fingerprint density at radius 3 is 2.72 bits per heavy atom. The number of amides is 1. The van der Waals surface area contributed by atoms with E-state index in [0.717, 1.165) is 30.4 Å². The maximum Gasteiger partial charge on any atom is 0.259 e. The lowest BCUT2D eigenvalue weighted by molar-refractivity contribution is -0.130. The molecule has 0 bridgehead atoms. The zero-order chi connectivity index (χ0) is 22.1. The number of halogens is 1. The van der Waals surface area contributed by atoms with Gasteiger partial charge in [-0.3, -0.25) is 9.79 Å². The first-order chi connectivity index (χ1) is 15.0. The van der Waals surface area contributed by atoms with Crippen LogP contribution in [0.25, 0.3) is 0 Å². The third-order valence-corrected chi connectivity index (χ3v) is 6.48. The van der Waals surface area contributed by atoms with E-state index < -0.39 is 0 Å². The van der Waals surface area contributed by atoms with Crippen molar-refractivity contribution < 1.29 is 9.53 Å². The number of hydrogen-bond donors (Lipinski definition) is 1. The Morgan fingerprint density at radius 1 is 1.22 bits per heavy atom. The molecule has 3 rings (SSSR count). The first kappa shape index (κ1) is 26.3. The second kappa shape index (κ2) is 13.6. The van der Waals surface area contributed by atoms with E-state index in [2.05, 4.69) is 45.5 Å². The van der Waals surface area contributed by atoms with Gasteiger partial charge in [-0.1, -0.05) is 30.3 Å². The molecule has 174 valence electrons. The molecule has 0 radical (unpaired) electrons. The number of hydrogen-bond acceptors (Lipinski definition) is 4. The number of likely N-dealkylation sites (tertiary alicyclic amines) is 1. The van der Waals surface area contributed by atoms with Crippen LogP contribution in [-0.4, -0.2) is 68.3 Å². The summed E-state index contributed by atoms with van der Waals surface area (Å²) < 4.78 is 5.62. The van der Waals surface area contributed by atoms with Crippen molar-refractivity contribution in [2.24, 2.45) is 10.9 Å². The summed E-state index contributed by atoms with van der Waals surface area (Å²) in [6.07, 6.45) is 1.18. The molecule has 0 aliphatic carbocycles. The summed E-state index contributed by atoms with van der Waals surface area (Å²) in [7, 11) is 5.28. The van der Waals surface area contributed by atoms with Crippen LogP contribution in [0.3, 0.4) is 0 Å². The van der Waals surface area contributed by atoms with Crippen molar-refractivity contribution in [1.82, 2.24) is 15.1 Å². The maximum atomic E-state index is 11.7. The van der Waals surface area contributed by atoms with Gasteiger partial charge in [-0.2, -0.15) is 0 Å². The lowest BCUT2D eigenvalue weighted by Gasteiger charge is -2.22. The standard InChI is InChI=1S/C24H32N4O2S.HI/c1-25-24(28-13-12-20(16-28)18-31-22-10-5-4-6-11-22)26-15-19-8-7-9-21(14-19)30-17-23(29)27(2)3;/h4-11,14,20H,12-13,15-18H2,1-3H3,(H,25,26);1H. The Morgan fingerprint density at radius 2 is 2.00 bits per heavy atom. The van der Waals surface area contributed by atoms with Crippen molar-refractivity contribution in [3.05, 3.63) is 60.2 Å². The minimum Gasteiger partial charge on any atom is -0.484 e. The van der Waals surface area contributed by atoms with Crippen LogP contribution in [0.4, 0.5) is 0 Å². The van der Waals surface area contributed by atoms with Crippen molar-refractivity contribution in [1.29, 1.82) is 0 Å². The number of thioether (sulfide) groups is 1. The molecule has 1 saturated heterocycles. The molecular weight excluding hydrogens is 535 g/mol. The summed E-state index contributed by atoms with van der Waals surface area (Å²) in [4.78, 5) is 21.4. The zero-order valence-corrected chi connectivity index (χ0v) is 22.1. The molecule has 2 aromatic rings. The molecule has 1 unspecified atom stereocenters. The van der Waals surface area contributed by atoms with Crippen LogP contribution in [0.15, 0.2) is 64.5 Å². The molecule has 1 heterocycles. The first-order valence-corrected chi connectivity index (χ1v) is 11.6. The van der Waals surface area contributed by atoms with E-state index in [0.29, 0.717) is 18.2 Å². The number of benzene rings is 2. The van der Waals surface area contributed by atoms with Crippen LogP contribution in [0, 0.1) is 5.92 Å². The SMILES string of the molecule is CN=C(NCc1cccc(OCC(=O)N(C)C)c1)N1CCC(CSc2ccccc2)C1.I. The Kier molecular flexibility index (Phi) is 11.2. The summed E-state index contributed by atoms with van der Waals surface area (Å²) in [6, 6.07) is 18.4. The van der Waals surface area contributed by atoms with Gasteiger partial charge in [0.1, 0.15) is 5.75 Å². The highest BCUT2D eigenvalue weighted by Crippen LogP contribution is 2.26. The summed E-state index contributed by atoms with van der Waals surface area (Å²) in [5.41, 5.74) is 1.09. The number of nitrogens with one attached hydrogen (secondary N) is 1. The van der Waals surface area contributed by atoms with Gasteiger partial charge in [-0.15, -0.1) is 35.7 Å². The van der Waals surface area contributed by atoms with Crippen LogP contribution >= 0.6 is 35.7 Å². The molecule has 8 heteroatoms. The normalized spacial score (nSPS) is 15.8. The highest BCUT2D eigenvalue weighted by Gasteiger charge is 2.24. The van der Waals surface area contributed by atoms with Crippen molar-refractivity contribution in [2.45, 2.75) is 17.9 Å². The number of rotatable bonds is 8. The van der Waals surface area contributed by atoms with Gasteiger partial charge in [0.05, 0.1) is 0 Å². The fourth-order valence-corrected chi connectivity index (χ4v) is 4.47. The van der Waals surface area contributed by atoms with Crippen molar-refractivity contribution in [3.8, 4) is 5.75 Å². The Hall–Kier alpha value is -1.94. The van der Waals surface area contributed by atoms with Crippen LogP contribution < -0.4 is 10.1 Å². The second-order valence-electron chi connectivity index (χ2n) is 7.85. The summed E-state index contributed by atoms with van der Waals surface area (Å²) in [6.45, 7) is 2.75. The van der Waals surface area contributed by atoms with Crippen molar-refractivity contribution >= 4 is 47.6 Å². The monoisotopic (exact) mass is 568 g/mol. The number of carbonyl (C=O) groups is 1. The molecule has 0 spiro atoms. The number of aliphatic imine (C=N–C) groups is 1. The highest BCUT2D eigenvalue weighted by atomic mass is 127. The van der Waals surface area contributed by atoms with Gasteiger partial charge in [0.25, 0.3) is 5.91 Å². The molecule has 1 aliphatic rings. The Labute approximate surface area is 212 Å². The fourth-order valence-electron chi connectivity index (χ4n) is 3.42. The Balaban J connectivity index is 0.00000363. The molecule has 0 aromatic heterocycles. The van der Waals surface area contributed by atoms with Gasteiger partial charge in [-0.05, 0) is 42.2 Å². The average molecular weight is 569 g/mol. The van der Waals surface area contributed by atoms with Gasteiger partial charge >= 0.3 is 0 Å². The quantitative estimate of drug-likeness (QED) is 0.226. The molecule has 1 atom stereocenters. The maximum absolute atomic E-state index is 11.7. The van der Waals surface area contributed by atoms with Crippen LogP contribution in [-0.2, 0) is 11.3 Å². The van der Waals surface area contributed by atoms with E-state index in [-0.39, 0.29) is 36.5 Å². The van der Waals surface area contributed by atoms with Gasteiger partial charge in [0.15, 0.2) is 12.6 Å². The highest BCUT2D eigenvalue weighted by molar-refractivity contribution is 14.0. The first-order valence-electron chi connectivity index (χ1n) is 10.6. The molecule has 1 fully saturated rings. The van der Waals surface area contributed by atoms with Crippen LogP contribution in [0.5, 0.6) is 5.75 Å². The molecule has 2 aromatic carbocycles. The number of carbonyl (C=O) groups excluding carboxylic acids is 1. The average Bonchev–Trinajstić information content (AvgIpc) is 3.26. The minimum absolute atomic E-state index is 0. The number of guanidine groups is 1. The van der Waals surface area contributed by atoms with Gasteiger partial charge in [-0.25, -0.2) is 0 Å². The predicted octanol–water partition coefficient (Wildman–Crippen LogP) is 3.96. The summed E-state index contributed by atoms with van der Waals surface area (Å²) >= 11 is 1.93. The smallest absolute Gasteiger partial charge is 0.259 e. The second-order valence-corrected chi connectivity index (χ2v) is 8.94. The van der Waals surface area contributed by atoms with Crippen molar-refractivity contribution in [2.75, 3.05) is 46.6 Å². The molecule has 32 heavy (non-hydrogen) atoms. The van der Waals surface area contributed by atoms with E-state index in [4.69, 9.17) is 4.74 Å². The van der Waals surface area contributed by atoms with Crippen LogP contribution in [0.2, 0.25) is 0 Å². The number of likely N-dealkylation sites (N-methyl/N-ethyl adjacent to an activating group) is 1. The molecular formula is C24H33IN4O2S. The fraction of sp³-hybridized carbons (Fsp3) is 0.417. The van der Waals surface area contributed by atoms with E-state index in [1.807, 2.05) is 43.1 Å². The molecule has 1 amide bonds. The summed E-state index contributed by atoms with van der Waals surface area (Å²) in [5, 5.41) is 3.47. The third kappa shape index (κ3) is 8.20. The zero-order valence-electron chi connectivity index (χ0n) is 19.0. The van der Waals surface area contributed by atoms with E-state index in [1.54, 1.807) is 14.1 Å². The topological polar surface area (TPSA) is 57.2 Å². The van der Waals surface area contributed by atoms with Gasteiger partial charge in [0.2, 0.25) is 0 Å². The van der Waals surface area contributed by atoms with E-state index >= 15 is 0 Å². The van der Waals surface area contributed by atoms with Gasteiger partial charge in [0, 0.05) is 51.4 Å². The number of nitrogens with zero attached hydrogens (tertiary/aromatic N) is 3. The van der Waals surface area contributed by atoms with E-state index in [9.17, 15) is 4.79 Å². The van der Waals surface area contributed by atoms with Crippen molar-refractivity contribution in [3.63, 3.8) is 0 Å². The summed E-state index contributed by atoms with van der Waals surface area (Å²) in [5.74, 6) is 3.36. The lowest BCUT2D eigenvalue weighted by Crippen LogP contribution is -2.39. The van der Waals surface area contributed by atoms with Gasteiger partial charge < -0.3 is 19.9 Å². The molecule has 6 nitrogen and oxygen atoms in total. The third-order valence-electron chi connectivity index (χ3n) is 5.24. The lowest BCUT2D eigenvalue weighted by atomic mass is 10.2. The predicted molar refractivity (Wildman–Crippen MR) is 143 cm³/mol. The van der Waals surface area contributed by atoms with Crippen LogP contribution in [0.1, 0.15) is 12.0 Å². The molecule has 1 N–H and O–H groups in total.